The van der Waals surface area contributed by atoms with Gasteiger partial charge in [-0.2, -0.15) is 0 Å². The number of aromatic nitrogens is 3. The SMILES string of the molecule is c1ccc(-c2nc3ccccc3nc2-c2ccc(-c3c4ccccc4c(-c4ccc(-c5cccnc5)cc4)c4ccccc34)cc2)cc1. The Morgan fingerprint density at radius 2 is 0.688 bits per heavy atom. The number of pyridine rings is 1. The molecule has 0 spiro atoms. The molecule has 0 unspecified atom stereocenters. The molecule has 48 heavy (non-hydrogen) atoms. The molecule has 0 fully saturated rings. The second-order valence-corrected chi connectivity index (χ2v) is 12.0. The van der Waals surface area contributed by atoms with Gasteiger partial charge in [-0.1, -0.05) is 146 Å². The van der Waals surface area contributed by atoms with Gasteiger partial charge in [-0.3, -0.25) is 4.98 Å². The zero-order valence-electron chi connectivity index (χ0n) is 26.1. The molecule has 0 radical (unpaired) electrons. The first kappa shape index (κ1) is 27.8. The molecule has 0 aliphatic carbocycles. The van der Waals surface area contributed by atoms with Gasteiger partial charge in [0.1, 0.15) is 0 Å². The molecule has 0 saturated carbocycles. The van der Waals surface area contributed by atoms with Crippen molar-refractivity contribution in [1.29, 1.82) is 0 Å². The van der Waals surface area contributed by atoms with Crippen molar-refractivity contribution in [3.8, 4) is 55.9 Å². The van der Waals surface area contributed by atoms with Crippen LogP contribution in [0.4, 0.5) is 0 Å². The van der Waals surface area contributed by atoms with Gasteiger partial charge in [0.2, 0.25) is 0 Å². The Balaban J connectivity index is 1.20. The Labute approximate surface area is 278 Å². The molecule has 9 rings (SSSR count). The van der Waals surface area contributed by atoms with Gasteiger partial charge in [-0.25, -0.2) is 9.97 Å². The minimum absolute atomic E-state index is 0.881. The smallest absolute Gasteiger partial charge is 0.0973 e. The highest BCUT2D eigenvalue weighted by molar-refractivity contribution is 6.21. The Morgan fingerprint density at radius 1 is 0.292 bits per heavy atom. The Hall–Kier alpha value is -6.45. The van der Waals surface area contributed by atoms with E-state index in [2.05, 4.69) is 120 Å². The molecule has 0 amide bonds. The molecule has 0 N–H and O–H groups in total. The van der Waals surface area contributed by atoms with Crippen LogP contribution in [0, 0.1) is 0 Å². The van der Waals surface area contributed by atoms with E-state index in [0.29, 0.717) is 0 Å². The normalized spacial score (nSPS) is 11.3. The van der Waals surface area contributed by atoms with Crippen LogP contribution in [0.3, 0.4) is 0 Å². The second-order valence-electron chi connectivity index (χ2n) is 12.0. The summed E-state index contributed by atoms with van der Waals surface area (Å²) in [7, 11) is 0. The van der Waals surface area contributed by atoms with Crippen LogP contribution in [-0.2, 0) is 0 Å². The number of benzene rings is 7. The molecule has 0 bridgehead atoms. The van der Waals surface area contributed by atoms with Gasteiger partial charge in [0.25, 0.3) is 0 Å². The van der Waals surface area contributed by atoms with E-state index in [1.165, 1.54) is 43.8 Å². The maximum absolute atomic E-state index is 5.13. The van der Waals surface area contributed by atoms with Crippen molar-refractivity contribution < 1.29 is 0 Å². The minimum atomic E-state index is 0.881. The average Bonchev–Trinajstić information content (AvgIpc) is 3.17. The first-order chi connectivity index (χ1) is 23.8. The summed E-state index contributed by atoms with van der Waals surface area (Å²) < 4.78 is 0. The first-order valence-corrected chi connectivity index (χ1v) is 16.2. The van der Waals surface area contributed by atoms with Crippen LogP contribution in [0.2, 0.25) is 0 Å². The molecule has 0 saturated heterocycles. The lowest BCUT2D eigenvalue weighted by atomic mass is 9.85. The number of nitrogens with zero attached hydrogens (tertiary/aromatic N) is 3. The van der Waals surface area contributed by atoms with Gasteiger partial charge < -0.3 is 0 Å². The number of hydrogen-bond acceptors (Lipinski definition) is 3. The zero-order chi connectivity index (χ0) is 31.9. The summed E-state index contributed by atoms with van der Waals surface area (Å²) in [5, 5.41) is 4.92. The molecule has 2 aromatic heterocycles. The maximum atomic E-state index is 5.13. The summed E-state index contributed by atoms with van der Waals surface area (Å²) in [4.78, 5) is 14.5. The third kappa shape index (κ3) is 4.81. The summed E-state index contributed by atoms with van der Waals surface area (Å²) in [5.74, 6) is 0. The van der Waals surface area contributed by atoms with E-state index in [9.17, 15) is 0 Å². The van der Waals surface area contributed by atoms with Gasteiger partial charge in [-0.15, -0.1) is 0 Å². The molecular formula is C45H29N3. The fourth-order valence-electron chi connectivity index (χ4n) is 6.91. The fraction of sp³-hybridized carbons (Fsp3) is 0. The van der Waals surface area contributed by atoms with E-state index in [1.54, 1.807) is 0 Å². The van der Waals surface area contributed by atoms with E-state index in [1.807, 2.05) is 60.9 Å². The molecule has 3 nitrogen and oxygen atoms in total. The molecule has 224 valence electrons. The van der Waals surface area contributed by atoms with Crippen LogP contribution in [0.5, 0.6) is 0 Å². The zero-order valence-corrected chi connectivity index (χ0v) is 26.1. The van der Waals surface area contributed by atoms with Crippen molar-refractivity contribution in [2.75, 3.05) is 0 Å². The van der Waals surface area contributed by atoms with Crippen LogP contribution in [0.15, 0.2) is 176 Å². The molecule has 7 aromatic carbocycles. The summed E-state index contributed by atoms with van der Waals surface area (Å²) in [5.41, 5.74) is 12.7. The molecule has 2 heterocycles. The van der Waals surface area contributed by atoms with Crippen molar-refractivity contribution in [2.45, 2.75) is 0 Å². The van der Waals surface area contributed by atoms with Crippen LogP contribution < -0.4 is 0 Å². The van der Waals surface area contributed by atoms with Gasteiger partial charge >= 0.3 is 0 Å². The molecule has 0 atom stereocenters. The fourth-order valence-corrected chi connectivity index (χ4v) is 6.91. The molecule has 0 aliphatic heterocycles. The van der Waals surface area contributed by atoms with E-state index >= 15 is 0 Å². The summed E-state index contributed by atoms with van der Waals surface area (Å²) >= 11 is 0. The topological polar surface area (TPSA) is 38.7 Å². The van der Waals surface area contributed by atoms with Gasteiger partial charge in [0.15, 0.2) is 0 Å². The number of para-hydroxylation sites is 2. The largest absolute Gasteiger partial charge is 0.264 e. The number of fused-ring (bicyclic) bond motifs is 3. The highest BCUT2D eigenvalue weighted by atomic mass is 14.8. The summed E-state index contributed by atoms with van der Waals surface area (Å²) in [6, 6.07) is 57.8. The number of hydrogen-bond donors (Lipinski definition) is 0. The van der Waals surface area contributed by atoms with Crippen LogP contribution in [-0.4, -0.2) is 15.0 Å². The van der Waals surface area contributed by atoms with Crippen LogP contribution >= 0.6 is 0 Å². The Morgan fingerprint density at radius 3 is 1.17 bits per heavy atom. The predicted molar refractivity (Wildman–Crippen MR) is 200 cm³/mol. The highest BCUT2D eigenvalue weighted by Crippen LogP contribution is 2.44. The van der Waals surface area contributed by atoms with E-state index in [-0.39, 0.29) is 0 Å². The highest BCUT2D eigenvalue weighted by Gasteiger charge is 2.18. The van der Waals surface area contributed by atoms with E-state index < -0.39 is 0 Å². The van der Waals surface area contributed by atoms with E-state index in [4.69, 9.17) is 9.97 Å². The Bertz CT molecular complexity index is 2520. The predicted octanol–water partition coefficient (Wildman–Crippen LogP) is 11.7. The van der Waals surface area contributed by atoms with Gasteiger partial charge in [-0.05, 0) is 73.1 Å². The van der Waals surface area contributed by atoms with Crippen molar-refractivity contribution in [3.05, 3.63) is 176 Å². The van der Waals surface area contributed by atoms with Gasteiger partial charge in [0.05, 0.1) is 22.4 Å². The van der Waals surface area contributed by atoms with E-state index in [0.717, 1.165) is 44.7 Å². The minimum Gasteiger partial charge on any atom is -0.264 e. The third-order valence-electron chi connectivity index (χ3n) is 9.16. The quantitative estimate of drug-likeness (QED) is 0.182. The summed E-state index contributed by atoms with van der Waals surface area (Å²) in [6.07, 6.45) is 3.72. The average molecular weight is 612 g/mol. The van der Waals surface area contributed by atoms with Crippen molar-refractivity contribution >= 4 is 32.6 Å². The number of rotatable bonds is 5. The molecular weight excluding hydrogens is 583 g/mol. The monoisotopic (exact) mass is 611 g/mol. The van der Waals surface area contributed by atoms with Gasteiger partial charge in [0, 0.05) is 23.5 Å². The van der Waals surface area contributed by atoms with Crippen LogP contribution in [0.25, 0.3) is 88.5 Å². The van der Waals surface area contributed by atoms with Crippen molar-refractivity contribution in [1.82, 2.24) is 15.0 Å². The maximum Gasteiger partial charge on any atom is 0.0973 e. The molecule has 0 aliphatic rings. The van der Waals surface area contributed by atoms with Crippen molar-refractivity contribution in [3.63, 3.8) is 0 Å². The second kappa shape index (κ2) is 11.7. The standard InChI is InChI=1S/C45H29N3/c1-2-11-33(12-3-1)44-45(48-41-19-9-8-18-40(41)47-44)34-26-24-32(25-27-34)43-38-16-6-4-14-36(38)42(37-15-5-7-17-39(37)43)31-22-20-30(21-23-31)35-13-10-28-46-29-35/h1-29H. The third-order valence-corrected chi connectivity index (χ3v) is 9.16. The Kier molecular flexibility index (Phi) is 6.80. The lowest BCUT2D eigenvalue weighted by Gasteiger charge is -2.18. The van der Waals surface area contributed by atoms with Crippen LogP contribution in [0.1, 0.15) is 0 Å². The molecule has 3 heteroatoms. The lowest BCUT2D eigenvalue weighted by molar-refractivity contribution is 1.29. The lowest BCUT2D eigenvalue weighted by Crippen LogP contribution is -1.95. The molecule has 9 aromatic rings. The summed E-state index contributed by atoms with van der Waals surface area (Å²) in [6.45, 7) is 0. The first-order valence-electron chi connectivity index (χ1n) is 16.2. The van der Waals surface area contributed by atoms with Crippen molar-refractivity contribution in [2.24, 2.45) is 0 Å².